The molecule has 0 spiro atoms. The van der Waals surface area contributed by atoms with Crippen molar-refractivity contribution in [3.05, 3.63) is 30.1 Å². The molecule has 1 saturated carbocycles. The molecule has 26 heavy (non-hydrogen) atoms. The predicted octanol–water partition coefficient (Wildman–Crippen LogP) is 2.29. The first kappa shape index (κ1) is 18.5. The lowest BCUT2D eigenvalue weighted by Crippen LogP contribution is -2.51. The molecule has 0 aromatic heterocycles. The zero-order valence-corrected chi connectivity index (χ0v) is 15.0. The van der Waals surface area contributed by atoms with Crippen LogP contribution in [0.25, 0.3) is 0 Å². The van der Waals surface area contributed by atoms with Crippen LogP contribution in [0.2, 0.25) is 0 Å². The van der Waals surface area contributed by atoms with Gasteiger partial charge in [-0.1, -0.05) is 0 Å². The molecule has 7 heteroatoms. The van der Waals surface area contributed by atoms with Crippen LogP contribution in [0.1, 0.15) is 32.6 Å². The molecule has 0 radical (unpaired) electrons. The van der Waals surface area contributed by atoms with Crippen molar-refractivity contribution in [3.8, 4) is 5.75 Å². The van der Waals surface area contributed by atoms with E-state index in [0.29, 0.717) is 24.9 Å². The number of nitrogens with zero attached hydrogens (tertiary/aromatic N) is 1. The van der Waals surface area contributed by atoms with Gasteiger partial charge in [0.15, 0.2) is 0 Å². The van der Waals surface area contributed by atoms with Gasteiger partial charge in [0.25, 0.3) is 0 Å². The molecule has 1 heterocycles. The molecule has 1 aliphatic carbocycles. The third-order valence-corrected chi connectivity index (χ3v) is 4.69. The number of hydrogen-bond acceptors (Lipinski definition) is 3. The zero-order chi connectivity index (χ0) is 18.5. The molecular formula is C19H26FN3O3. The summed E-state index contributed by atoms with van der Waals surface area (Å²) < 4.78 is 18.4. The molecule has 1 saturated heterocycles. The molecule has 1 aromatic rings. The van der Waals surface area contributed by atoms with Gasteiger partial charge >= 0.3 is 6.03 Å². The average molecular weight is 363 g/mol. The normalized spacial score (nSPS) is 21.0. The van der Waals surface area contributed by atoms with Crippen LogP contribution in [0.5, 0.6) is 5.75 Å². The number of halogens is 1. The third kappa shape index (κ3) is 5.34. The third-order valence-electron chi connectivity index (χ3n) is 4.69. The first-order chi connectivity index (χ1) is 12.5. The zero-order valence-electron chi connectivity index (χ0n) is 15.0. The quantitative estimate of drug-likeness (QED) is 0.815. The molecule has 2 unspecified atom stereocenters. The van der Waals surface area contributed by atoms with E-state index in [4.69, 9.17) is 4.74 Å². The predicted molar refractivity (Wildman–Crippen MR) is 95.4 cm³/mol. The minimum absolute atomic E-state index is 0.0673. The van der Waals surface area contributed by atoms with Gasteiger partial charge in [0.1, 0.15) is 18.2 Å². The van der Waals surface area contributed by atoms with Crippen LogP contribution in [0.4, 0.5) is 9.18 Å². The Kier molecular flexibility index (Phi) is 5.96. The number of carbonyl (C=O) groups is 2. The minimum Gasteiger partial charge on any atom is -0.491 e. The molecule has 1 aliphatic heterocycles. The van der Waals surface area contributed by atoms with Gasteiger partial charge in [-0.05, 0) is 56.9 Å². The highest BCUT2D eigenvalue weighted by molar-refractivity contribution is 5.81. The first-order valence-corrected chi connectivity index (χ1v) is 9.25. The second-order valence-electron chi connectivity index (χ2n) is 7.18. The molecule has 0 bridgehead atoms. The van der Waals surface area contributed by atoms with Crippen molar-refractivity contribution in [1.82, 2.24) is 15.5 Å². The van der Waals surface area contributed by atoms with Gasteiger partial charge in [0, 0.05) is 19.1 Å². The molecule has 2 fully saturated rings. The van der Waals surface area contributed by atoms with E-state index >= 15 is 0 Å². The van der Waals surface area contributed by atoms with Crippen LogP contribution in [-0.4, -0.2) is 48.6 Å². The number of benzene rings is 1. The van der Waals surface area contributed by atoms with Crippen LogP contribution in [0, 0.1) is 11.7 Å². The van der Waals surface area contributed by atoms with E-state index in [1.165, 1.54) is 12.1 Å². The average Bonchev–Trinajstić information content (AvgIpc) is 3.45. The highest BCUT2D eigenvalue weighted by Gasteiger charge is 2.32. The number of piperidine rings is 1. The van der Waals surface area contributed by atoms with Gasteiger partial charge in [-0.15, -0.1) is 0 Å². The summed E-state index contributed by atoms with van der Waals surface area (Å²) in [7, 11) is 0. The van der Waals surface area contributed by atoms with Gasteiger partial charge in [-0.25, -0.2) is 9.18 Å². The van der Waals surface area contributed by atoms with Crippen molar-refractivity contribution in [1.29, 1.82) is 0 Å². The number of urea groups is 1. The van der Waals surface area contributed by atoms with Crippen molar-refractivity contribution in [2.75, 3.05) is 19.7 Å². The molecule has 142 valence electrons. The van der Waals surface area contributed by atoms with E-state index in [1.54, 1.807) is 17.0 Å². The van der Waals surface area contributed by atoms with Gasteiger partial charge in [-0.3, -0.25) is 4.79 Å². The monoisotopic (exact) mass is 363 g/mol. The summed E-state index contributed by atoms with van der Waals surface area (Å²) in [6.45, 7) is 3.25. The van der Waals surface area contributed by atoms with E-state index in [2.05, 4.69) is 10.6 Å². The lowest BCUT2D eigenvalue weighted by atomic mass is 9.97. The Bertz CT molecular complexity index is 633. The van der Waals surface area contributed by atoms with Crippen LogP contribution in [0.3, 0.4) is 0 Å². The number of carbonyl (C=O) groups excluding carboxylic acids is 2. The fraction of sp³-hybridized carbons (Fsp3) is 0.579. The minimum atomic E-state index is -0.316. The summed E-state index contributed by atoms with van der Waals surface area (Å²) in [5.74, 6) is 0.185. The Labute approximate surface area is 153 Å². The SMILES string of the molecule is CC(COc1ccc(F)cc1)NC(=O)N1CCCC(C(=O)NC2CC2)C1. The lowest BCUT2D eigenvalue weighted by molar-refractivity contribution is -0.126. The lowest BCUT2D eigenvalue weighted by Gasteiger charge is -2.33. The topological polar surface area (TPSA) is 70.7 Å². The van der Waals surface area contributed by atoms with Crippen molar-refractivity contribution in [2.24, 2.45) is 5.92 Å². The van der Waals surface area contributed by atoms with Crippen molar-refractivity contribution in [3.63, 3.8) is 0 Å². The molecule has 2 atom stereocenters. The van der Waals surface area contributed by atoms with Gasteiger partial charge in [-0.2, -0.15) is 0 Å². The Morgan fingerprint density at radius 3 is 2.69 bits per heavy atom. The van der Waals surface area contributed by atoms with E-state index in [9.17, 15) is 14.0 Å². The smallest absolute Gasteiger partial charge is 0.317 e. The molecule has 2 aliphatic rings. The Morgan fingerprint density at radius 2 is 2.00 bits per heavy atom. The van der Waals surface area contributed by atoms with Gasteiger partial charge in [0.05, 0.1) is 12.0 Å². The standard InChI is InChI=1S/C19H26FN3O3/c1-13(12-26-17-8-4-15(20)5-9-17)21-19(25)23-10-2-3-14(11-23)18(24)22-16-6-7-16/h4-5,8-9,13-14,16H,2-3,6-7,10-12H2,1H3,(H,21,25)(H,22,24). The highest BCUT2D eigenvalue weighted by Crippen LogP contribution is 2.22. The molecule has 1 aromatic carbocycles. The largest absolute Gasteiger partial charge is 0.491 e. The number of hydrogen-bond donors (Lipinski definition) is 2. The van der Waals surface area contributed by atoms with Crippen LogP contribution in [-0.2, 0) is 4.79 Å². The summed E-state index contributed by atoms with van der Waals surface area (Å²) in [6.07, 6.45) is 3.78. The summed E-state index contributed by atoms with van der Waals surface area (Å²) in [5.41, 5.74) is 0. The van der Waals surface area contributed by atoms with Gasteiger partial charge < -0.3 is 20.3 Å². The molecule has 3 rings (SSSR count). The number of ether oxygens (including phenoxy) is 1. The van der Waals surface area contributed by atoms with E-state index < -0.39 is 0 Å². The summed E-state index contributed by atoms with van der Waals surface area (Å²) in [5, 5.41) is 5.92. The Balaban J connectivity index is 1.42. The maximum atomic E-state index is 12.9. The maximum absolute atomic E-state index is 12.9. The summed E-state index contributed by atoms with van der Waals surface area (Å²) in [6, 6.07) is 5.74. The van der Waals surface area contributed by atoms with Crippen molar-refractivity contribution in [2.45, 2.75) is 44.7 Å². The second-order valence-corrected chi connectivity index (χ2v) is 7.18. The van der Waals surface area contributed by atoms with Crippen LogP contribution in [0.15, 0.2) is 24.3 Å². The van der Waals surface area contributed by atoms with E-state index in [0.717, 1.165) is 25.7 Å². The number of rotatable bonds is 6. The maximum Gasteiger partial charge on any atom is 0.317 e. The Hall–Kier alpha value is -2.31. The molecule has 6 nitrogen and oxygen atoms in total. The van der Waals surface area contributed by atoms with Gasteiger partial charge in [0.2, 0.25) is 5.91 Å². The second kappa shape index (κ2) is 8.38. The van der Waals surface area contributed by atoms with Crippen LogP contribution < -0.4 is 15.4 Å². The molecule has 2 N–H and O–H groups in total. The van der Waals surface area contributed by atoms with E-state index in [1.807, 2.05) is 6.92 Å². The van der Waals surface area contributed by atoms with Crippen molar-refractivity contribution < 1.29 is 18.7 Å². The van der Waals surface area contributed by atoms with Crippen molar-refractivity contribution >= 4 is 11.9 Å². The highest BCUT2D eigenvalue weighted by atomic mass is 19.1. The number of likely N-dealkylation sites (tertiary alicyclic amines) is 1. The first-order valence-electron chi connectivity index (χ1n) is 9.25. The van der Waals surface area contributed by atoms with Crippen LogP contribution >= 0.6 is 0 Å². The summed E-state index contributed by atoms with van der Waals surface area (Å²) >= 11 is 0. The number of amides is 3. The van der Waals surface area contributed by atoms with E-state index in [-0.39, 0.29) is 36.3 Å². The fourth-order valence-corrected chi connectivity index (χ4v) is 3.02. The summed E-state index contributed by atoms with van der Waals surface area (Å²) in [4.78, 5) is 26.4. The number of nitrogens with one attached hydrogen (secondary N) is 2. The fourth-order valence-electron chi connectivity index (χ4n) is 3.02. The molecular weight excluding hydrogens is 337 g/mol. The molecule has 3 amide bonds. The Morgan fingerprint density at radius 1 is 1.27 bits per heavy atom.